The molecule has 4 rings (SSSR count). The van der Waals surface area contributed by atoms with Crippen molar-refractivity contribution in [3.05, 3.63) is 28.8 Å². The molecule has 3 unspecified atom stereocenters. The Bertz CT molecular complexity index is 487. The van der Waals surface area contributed by atoms with Crippen LogP contribution in [0, 0.1) is 5.92 Å². The van der Waals surface area contributed by atoms with E-state index in [2.05, 4.69) is 29.0 Å². The van der Waals surface area contributed by atoms with E-state index in [0.29, 0.717) is 6.04 Å². The van der Waals surface area contributed by atoms with Crippen LogP contribution in [-0.4, -0.2) is 37.1 Å². The number of likely N-dealkylation sites (tertiary alicyclic amines) is 1. The molecule has 0 N–H and O–H groups in total. The summed E-state index contributed by atoms with van der Waals surface area (Å²) in [5.41, 5.74) is 2.89. The molecule has 0 radical (unpaired) electrons. The molecular weight excluding hydrogens is 244 g/mol. The fraction of sp³-hybridized carbons (Fsp3) is 0.600. The van der Waals surface area contributed by atoms with Crippen LogP contribution in [0.25, 0.3) is 0 Å². The van der Waals surface area contributed by atoms with Gasteiger partial charge in [0.05, 0.1) is 0 Å². The molecular formula is C15H19ClN2. The van der Waals surface area contributed by atoms with Gasteiger partial charge in [0.15, 0.2) is 0 Å². The van der Waals surface area contributed by atoms with Crippen LogP contribution >= 0.6 is 11.6 Å². The van der Waals surface area contributed by atoms with Gasteiger partial charge in [0.1, 0.15) is 0 Å². The van der Waals surface area contributed by atoms with Crippen molar-refractivity contribution in [3.63, 3.8) is 0 Å². The van der Waals surface area contributed by atoms with Crippen molar-refractivity contribution in [2.24, 2.45) is 5.92 Å². The van der Waals surface area contributed by atoms with Crippen LogP contribution in [0.2, 0.25) is 5.02 Å². The maximum atomic E-state index is 6.12. The van der Waals surface area contributed by atoms with Crippen molar-refractivity contribution in [2.75, 3.05) is 25.0 Å². The minimum atomic E-state index is 0.689. The van der Waals surface area contributed by atoms with Gasteiger partial charge in [0, 0.05) is 29.3 Å². The van der Waals surface area contributed by atoms with Crippen LogP contribution < -0.4 is 4.90 Å². The topological polar surface area (TPSA) is 6.48 Å². The zero-order chi connectivity index (χ0) is 12.3. The molecule has 0 saturated carbocycles. The monoisotopic (exact) mass is 262 g/mol. The molecule has 3 aliphatic heterocycles. The van der Waals surface area contributed by atoms with Crippen LogP contribution in [0.1, 0.15) is 18.4 Å². The Hall–Kier alpha value is -0.730. The Morgan fingerprint density at radius 2 is 2.22 bits per heavy atom. The highest BCUT2D eigenvalue weighted by molar-refractivity contribution is 6.30. The van der Waals surface area contributed by atoms with Gasteiger partial charge in [-0.2, -0.15) is 0 Å². The minimum Gasteiger partial charge on any atom is -0.366 e. The van der Waals surface area contributed by atoms with E-state index in [0.717, 1.165) is 17.0 Å². The van der Waals surface area contributed by atoms with Crippen LogP contribution in [-0.2, 0) is 6.42 Å². The molecule has 0 amide bonds. The molecule has 2 saturated heterocycles. The molecule has 3 atom stereocenters. The van der Waals surface area contributed by atoms with Gasteiger partial charge < -0.3 is 9.80 Å². The van der Waals surface area contributed by atoms with Crippen LogP contribution in [0.3, 0.4) is 0 Å². The molecule has 18 heavy (non-hydrogen) atoms. The van der Waals surface area contributed by atoms with Crippen LogP contribution in [0.4, 0.5) is 5.69 Å². The first-order valence-electron chi connectivity index (χ1n) is 6.99. The molecule has 2 nitrogen and oxygen atoms in total. The van der Waals surface area contributed by atoms with E-state index in [9.17, 15) is 0 Å². The highest BCUT2D eigenvalue weighted by Gasteiger charge is 2.48. The first kappa shape index (κ1) is 11.1. The number of hydrogen-bond donors (Lipinski definition) is 0. The average molecular weight is 263 g/mol. The predicted octanol–water partition coefficient (Wildman–Crippen LogP) is 2.80. The number of rotatable bonds is 0. The Morgan fingerprint density at radius 1 is 1.33 bits per heavy atom. The molecule has 96 valence electrons. The zero-order valence-corrected chi connectivity index (χ0v) is 11.5. The number of hydrogen-bond acceptors (Lipinski definition) is 2. The van der Waals surface area contributed by atoms with Gasteiger partial charge in [-0.1, -0.05) is 11.6 Å². The Balaban J connectivity index is 1.71. The summed E-state index contributed by atoms with van der Waals surface area (Å²) in [6.07, 6.45) is 3.96. The second-order valence-corrected chi connectivity index (χ2v) is 6.51. The minimum absolute atomic E-state index is 0.689. The lowest BCUT2D eigenvalue weighted by Gasteiger charge is -2.36. The highest BCUT2D eigenvalue weighted by Crippen LogP contribution is 2.44. The lowest BCUT2D eigenvalue weighted by atomic mass is 9.87. The van der Waals surface area contributed by atoms with Crippen molar-refractivity contribution in [3.8, 4) is 0 Å². The number of benzene rings is 1. The van der Waals surface area contributed by atoms with Crippen molar-refractivity contribution < 1.29 is 0 Å². The molecule has 2 fully saturated rings. The molecule has 0 spiro atoms. The summed E-state index contributed by atoms with van der Waals surface area (Å²) < 4.78 is 0. The normalized spacial score (nSPS) is 34.3. The van der Waals surface area contributed by atoms with E-state index in [-0.39, 0.29) is 0 Å². The highest BCUT2D eigenvalue weighted by atomic mass is 35.5. The van der Waals surface area contributed by atoms with Crippen molar-refractivity contribution in [1.82, 2.24) is 4.90 Å². The quantitative estimate of drug-likeness (QED) is 0.709. The van der Waals surface area contributed by atoms with Crippen molar-refractivity contribution in [2.45, 2.75) is 31.3 Å². The maximum absolute atomic E-state index is 6.12. The third-order valence-electron chi connectivity index (χ3n) is 5.08. The fourth-order valence-corrected chi connectivity index (χ4v) is 4.59. The van der Waals surface area contributed by atoms with E-state index in [1.807, 2.05) is 6.07 Å². The van der Waals surface area contributed by atoms with Gasteiger partial charge in [-0.05, 0) is 62.5 Å². The summed E-state index contributed by atoms with van der Waals surface area (Å²) >= 11 is 6.12. The molecule has 0 aliphatic carbocycles. The van der Waals surface area contributed by atoms with E-state index in [1.165, 1.54) is 43.6 Å². The summed E-state index contributed by atoms with van der Waals surface area (Å²) in [5, 5.41) is 0.878. The first-order valence-corrected chi connectivity index (χ1v) is 7.37. The Kier molecular flexibility index (Phi) is 2.40. The molecule has 0 aromatic heterocycles. The van der Waals surface area contributed by atoms with Gasteiger partial charge in [-0.15, -0.1) is 0 Å². The summed E-state index contributed by atoms with van der Waals surface area (Å²) in [4.78, 5) is 5.23. The standard InChI is InChI=1S/C15H19ClN2/c1-17-6-2-3-10-9-18-13-5-4-12(16)7-11(13)8-14(18)15(10)17/h4-5,7,10,14-15H,2-3,6,8-9H2,1H3. The van der Waals surface area contributed by atoms with Crippen LogP contribution in [0.5, 0.6) is 0 Å². The summed E-state index contributed by atoms with van der Waals surface area (Å²) in [7, 11) is 2.30. The van der Waals surface area contributed by atoms with E-state index < -0.39 is 0 Å². The van der Waals surface area contributed by atoms with E-state index in [1.54, 1.807) is 0 Å². The first-order chi connectivity index (χ1) is 8.74. The number of anilines is 1. The second-order valence-electron chi connectivity index (χ2n) is 6.07. The molecule has 3 aliphatic rings. The average Bonchev–Trinajstić information content (AvgIpc) is 2.84. The van der Waals surface area contributed by atoms with Crippen molar-refractivity contribution in [1.29, 1.82) is 0 Å². The summed E-state index contributed by atoms with van der Waals surface area (Å²) in [6.45, 7) is 2.51. The van der Waals surface area contributed by atoms with Gasteiger partial charge in [-0.25, -0.2) is 0 Å². The lowest BCUT2D eigenvalue weighted by molar-refractivity contribution is 0.137. The third-order valence-corrected chi connectivity index (χ3v) is 5.32. The molecule has 3 heterocycles. The third kappa shape index (κ3) is 1.45. The molecule has 1 aromatic rings. The van der Waals surface area contributed by atoms with Gasteiger partial charge in [-0.3, -0.25) is 0 Å². The Labute approximate surface area is 114 Å². The second kappa shape index (κ2) is 3.88. The number of fused-ring (bicyclic) bond motifs is 5. The maximum Gasteiger partial charge on any atom is 0.0489 e. The zero-order valence-electron chi connectivity index (χ0n) is 10.8. The SMILES string of the molecule is CN1CCCC2CN3c4ccc(Cl)cc4CC3C21. The van der Waals surface area contributed by atoms with E-state index in [4.69, 9.17) is 11.6 Å². The predicted molar refractivity (Wildman–Crippen MR) is 75.4 cm³/mol. The fourth-order valence-electron chi connectivity index (χ4n) is 4.39. The lowest BCUT2D eigenvalue weighted by Crippen LogP contribution is -2.47. The smallest absolute Gasteiger partial charge is 0.0489 e. The van der Waals surface area contributed by atoms with E-state index >= 15 is 0 Å². The molecule has 3 heteroatoms. The van der Waals surface area contributed by atoms with Crippen molar-refractivity contribution >= 4 is 17.3 Å². The number of likely N-dealkylation sites (N-methyl/N-ethyl adjacent to an activating group) is 1. The number of halogens is 1. The number of piperidine rings is 1. The molecule has 1 aromatic carbocycles. The van der Waals surface area contributed by atoms with Crippen LogP contribution in [0.15, 0.2) is 18.2 Å². The summed E-state index contributed by atoms with van der Waals surface area (Å²) in [5.74, 6) is 0.873. The van der Waals surface area contributed by atoms with Gasteiger partial charge >= 0.3 is 0 Å². The molecule has 0 bridgehead atoms. The van der Waals surface area contributed by atoms with Gasteiger partial charge in [0.25, 0.3) is 0 Å². The number of nitrogens with zero attached hydrogens (tertiary/aromatic N) is 2. The summed E-state index contributed by atoms with van der Waals surface area (Å²) in [6, 6.07) is 7.86. The van der Waals surface area contributed by atoms with Gasteiger partial charge in [0.2, 0.25) is 0 Å². The Morgan fingerprint density at radius 3 is 3.11 bits per heavy atom. The largest absolute Gasteiger partial charge is 0.366 e.